The Labute approximate surface area is 247 Å². The molecule has 7 rings (SSSR count). The van der Waals surface area contributed by atoms with Crippen LogP contribution >= 0.6 is 0 Å². The van der Waals surface area contributed by atoms with E-state index in [2.05, 4.69) is 26.3 Å². The van der Waals surface area contributed by atoms with Gasteiger partial charge in [-0.1, -0.05) is 44.2 Å². The topological polar surface area (TPSA) is 164 Å². The number of rotatable bonds is 4. The van der Waals surface area contributed by atoms with Crippen LogP contribution in [0.2, 0.25) is 0 Å². The van der Waals surface area contributed by atoms with Crippen LogP contribution in [0.15, 0.2) is 46.9 Å². The molecule has 43 heavy (non-hydrogen) atoms. The predicted octanol–water partition coefficient (Wildman–Crippen LogP) is 1.52. The van der Waals surface area contributed by atoms with Gasteiger partial charge in [0, 0.05) is 24.2 Å². The lowest BCUT2D eigenvalue weighted by atomic mass is 9.72. The maximum absolute atomic E-state index is 13.8. The number of ether oxygens (including phenoxy) is 2. The van der Waals surface area contributed by atoms with Crippen molar-refractivity contribution >= 4 is 23.5 Å². The second-order valence-corrected chi connectivity index (χ2v) is 11.9. The number of anilines is 1. The van der Waals surface area contributed by atoms with Crippen molar-refractivity contribution in [1.29, 1.82) is 0 Å². The van der Waals surface area contributed by atoms with Gasteiger partial charge in [0.1, 0.15) is 23.2 Å². The van der Waals surface area contributed by atoms with Crippen LogP contribution in [0.4, 0.5) is 5.69 Å². The number of oxazole rings is 1. The van der Waals surface area contributed by atoms with E-state index in [-0.39, 0.29) is 42.0 Å². The molecule has 4 unspecified atom stereocenters. The van der Waals surface area contributed by atoms with Gasteiger partial charge in [-0.15, -0.1) is 0 Å². The lowest BCUT2D eigenvalue weighted by Gasteiger charge is -2.29. The highest BCUT2D eigenvalue weighted by atomic mass is 16.5. The highest BCUT2D eigenvalue weighted by molar-refractivity contribution is 5.92. The van der Waals surface area contributed by atoms with Crippen molar-refractivity contribution in [2.45, 2.75) is 62.6 Å². The number of hydrogen-bond acceptors (Lipinski definition) is 10. The fourth-order valence-electron chi connectivity index (χ4n) is 6.73. The summed E-state index contributed by atoms with van der Waals surface area (Å²) in [5, 5.41) is 22.3. The first-order valence-electron chi connectivity index (χ1n) is 14.5. The van der Waals surface area contributed by atoms with E-state index in [1.807, 2.05) is 56.3 Å². The summed E-state index contributed by atoms with van der Waals surface area (Å²) in [6, 6.07) is 11.1. The van der Waals surface area contributed by atoms with Crippen molar-refractivity contribution in [2.75, 3.05) is 19.0 Å². The summed E-state index contributed by atoms with van der Waals surface area (Å²) in [6.45, 7) is 4.12. The first-order chi connectivity index (χ1) is 20.7. The number of benzene rings is 2. The number of carbonyl (C=O) groups is 3. The van der Waals surface area contributed by atoms with Crippen LogP contribution in [0, 0.1) is 5.92 Å². The number of β-amino-alcohol motifs (C(OH)–C–C–N with tert-alkyl or cyclic N) is 1. The molecule has 1 spiro atoms. The Morgan fingerprint density at radius 3 is 2.72 bits per heavy atom. The third-order valence-electron chi connectivity index (χ3n) is 8.85. The standard InChI is InChI=1S/C31H33N5O7/c1-14(2)23-28-36-24(29(40)41-3)25(43-28)31-17-6-4-5-7-19(17)34-30(31)42-22-9-8-15(10-18(22)31)11-21(27(39)35-23)33-26(38)20-12-16(37)13-32-20/h4-10,14,16,20-21,23,30,32,34,37H,11-13H2,1-3H3,(H,33,38)(H,35,39)/t16-,20+,21?,23?,30?,31?/m1/s1. The van der Waals surface area contributed by atoms with Crippen molar-refractivity contribution in [3.63, 3.8) is 0 Å². The van der Waals surface area contributed by atoms with Crippen LogP contribution in [0.1, 0.15) is 65.1 Å². The van der Waals surface area contributed by atoms with Crippen LogP contribution in [-0.4, -0.2) is 65.9 Å². The minimum Gasteiger partial charge on any atom is -0.469 e. The molecule has 4 bridgehead atoms. The van der Waals surface area contributed by atoms with Gasteiger partial charge >= 0.3 is 5.97 Å². The lowest BCUT2D eigenvalue weighted by molar-refractivity contribution is -0.130. The van der Waals surface area contributed by atoms with E-state index in [0.717, 1.165) is 22.4 Å². The Morgan fingerprint density at radius 1 is 1.16 bits per heavy atom. The average Bonchev–Trinajstić information content (AvgIpc) is 3.75. The van der Waals surface area contributed by atoms with Gasteiger partial charge in [-0.2, -0.15) is 0 Å². The van der Waals surface area contributed by atoms with Gasteiger partial charge in [-0.05, 0) is 35.6 Å². The van der Waals surface area contributed by atoms with Crippen molar-refractivity contribution in [3.8, 4) is 5.75 Å². The van der Waals surface area contributed by atoms with Crippen LogP contribution in [-0.2, 0) is 26.2 Å². The highest BCUT2D eigenvalue weighted by Crippen LogP contribution is 2.58. The van der Waals surface area contributed by atoms with Crippen LogP contribution in [0.3, 0.4) is 0 Å². The van der Waals surface area contributed by atoms with E-state index in [4.69, 9.17) is 13.9 Å². The Bertz CT molecular complexity index is 1640. The molecule has 0 radical (unpaired) electrons. The van der Waals surface area contributed by atoms with E-state index in [0.29, 0.717) is 12.3 Å². The lowest BCUT2D eigenvalue weighted by Crippen LogP contribution is -2.53. The predicted molar refractivity (Wildman–Crippen MR) is 152 cm³/mol. The van der Waals surface area contributed by atoms with E-state index in [1.165, 1.54) is 7.11 Å². The third kappa shape index (κ3) is 4.19. The molecule has 0 saturated carbocycles. The van der Waals surface area contributed by atoms with E-state index in [1.54, 1.807) is 0 Å². The molecule has 2 aromatic carbocycles. The molecule has 4 aliphatic heterocycles. The van der Waals surface area contributed by atoms with Crippen LogP contribution in [0.25, 0.3) is 0 Å². The minimum absolute atomic E-state index is 0.00211. The number of esters is 1. The molecule has 2 amide bonds. The van der Waals surface area contributed by atoms with Crippen molar-refractivity contribution < 1.29 is 33.4 Å². The Hall–Kier alpha value is -4.42. The number of carbonyl (C=O) groups excluding carboxylic acids is 3. The molecule has 5 N–H and O–H groups in total. The summed E-state index contributed by atoms with van der Waals surface area (Å²) >= 11 is 0. The molecule has 1 aromatic heterocycles. The molecule has 1 saturated heterocycles. The van der Waals surface area contributed by atoms with Crippen molar-refractivity contribution in [1.82, 2.24) is 20.9 Å². The van der Waals surface area contributed by atoms with Crippen molar-refractivity contribution in [2.24, 2.45) is 5.92 Å². The molecular weight excluding hydrogens is 554 g/mol. The molecule has 5 heterocycles. The summed E-state index contributed by atoms with van der Waals surface area (Å²) in [5.74, 6) is -0.657. The number of fused-ring (bicyclic) bond motifs is 4. The largest absolute Gasteiger partial charge is 0.469 e. The first kappa shape index (κ1) is 27.4. The van der Waals surface area contributed by atoms with Gasteiger partial charge in [0.2, 0.25) is 17.7 Å². The Morgan fingerprint density at radius 2 is 1.98 bits per heavy atom. The number of nitrogens with one attached hydrogen (secondary N) is 4. The summed E-state index contributed by atoms with van der Waals surface area (Å²) in [7, 11) is 1.29. The smallest absolute Gasteiger partial charge is 0.360 e. The number of aliphatic hydroxyl groups is 1. The van der Waals surface area contributed by atoms with Gasteiger partial charge in [0.05, 0.1) is 19.3 Å². The minimum atomic E-state index is -1.09. The molecule has 6 atom stereocenters. The highest BCUT2D eigenvalue weighted by Gasteiger charge is 2.61. The van der Waals surface area contributed by atoms with E-state index >= 15 is 0 Å². The second kappa shape index (κ2) is 10.1. The molecule has 4 aliphatic rings. The number of aliphatic hydroxyl groups excluding tert-OH is 1. The van der Waals surface area contributed by atoms with Gasteiger partial charge in [-0.3, -0.25) is 9.59 Å². The van der Waals surface area contributed by atoms with Crippen LogP contribution < -0.4 is 26.0 Å². The fraction of sp³-hybridized carbons (Fsp3) is 0.419. The van der Waals surface area contributed by atoms with Crippen LogP contribution in [0.5, 0.6) is 5.75 Å². The molecule has 224 valence electrons. The number of amides is 2. The Kier molecular flexibility index (Phi) is 6.44. The normalized spacial score (nSPS) is 28.5. The van der Waals surface area contributed by atoms with Crippen molar-refractivity contribution in [3.05, 3.63) is 76.5 Å². The maximum atomic E-state index is 13.8. The number of hydrogen-bond donors (Lipinski definition) is 5. The van der Waals surface area contributed by atoms with Gasteiger partial charge in [-0.25, -0.2) is 9.78 Å². The summed E-state index contributed by atoms with van der Waals surface area (Å²) in [5.41, 5.74) is 2.10. The van der Waals surface area contributed by atoms with Gasteiger partial charge in [0.15, 0.2) is 17.7 Å². The number of methoxy groups -OCH3 is 1. The molecule has 1 fully saturated rings. The zero-order chi connectivity index (χ0) is 30.0. The second-order valence-electron chi connectivity index (χ2n) is 11.9. The number of aromatic nitrogens is 1. The number of nitrogens with zero attached hydrogens (tertiary/aromatic N) is 1. The maximum Gasteiger partial charge on any atom is 0.360 e. The average molecular weight is 588 g/mol. The molecule has 0 aliphatic carbocycles. The number of para-hydroxylation sites is 1. The van der Waals surface area contributed by atoms with E-state index < -0.39 is 47.7 Å². The zero-order valence-electron chi connectivity index (χ0n) is 24.0. The van der Waals surface area contributed by atoms with Gasteiger partial charge in [0.25, 0.3) is 0 Å². The summed E-state index contributed by atoms with van der Waals surface area (Å²) in [6.07, 6.45) is -0.823. The fourth-order valence-corrected chi connectivity index (χ4v) is 6.73. The molecule has 3 aromatic rings. The third-order valence-corrected chi connectivity index (χ3v) is 8.85. The van der Waals surface area contributed by atoms with E-state index in [9.17, 15) is 19.5 Å². The molecule has 12 nitrogen and oxygen atoms in total. The molecule has 12 heteroatoms. The Balaban J connectivity index is 1.42. The first-order valence-corrected chi connectivity index (χ1v) is 14.5. The summed E-state index contributed by atoms with van der Waals surface area (Å²) < 4.78 is 18.2. The SMILES string of the molecule is COC(=O)c1nc2oc1C13c4ccccc4NC1Oc1ccc(cc13)CC(NC(=O)[C@@H]1C[C@@H](O)CN1)C(=O)NC2C(C)C. The quantitative estimate of drug-likeness (QED) is 0.283. The monoisotopic (exact) mass is 587 g/mol. The zero-order valence-corrected chi connectivity index (χ0v) is 24.0. The molecular formula is C31H33N5O7. The summed E-state index contributed by atoms with van der Waals surface area (Å²) in [4.78, 5) is 45.0. The van der Waals surface area contributed by atoms with Gasteiger partial charge < -0.3 is 40.3 Å².